The fraction of sp³-hybridized carbons (Fsp3) is 0.600. The van der Waals surface area contributed by atoms with Gasteiger partial charge in [0.2, 0.25) is 0 Å². The average molecular weight is 210 g/mol. The summed E-state index contributed by atoms with van der Waals surface area (Å²) in [5.41, 5.74) is 1.84. The highest BCUT2D eigenvalue weighted by Gasteiger charge is 2.17. The molecule has 2 rings (SSSR count). The number of hydrogen-bond acceptors (Lipinski definition) is 2. The van der Waals surface area contributed by atoms with Gasteiger partial charge in [0.05, 0.1) is 6.42 Å². The minimum Gasteiger partial charge on any atom is -0.481 e. The SMILES string of the molecule is O=C(O)CCn1c2c([nH]c1=O)CCCC2. The maximum absolute atomic E-state index is 11.5. The second-order valence-corrected chi connectivity index (χ2v) is 3.86. The molecule has 15 heavy (non-hydrogen) atoms. The number of carbonyl (C=O) groups is 1. The number of carboxylic acids is 1. The number of aryl methyl sites for hydroxylation is 1. The lowest BCUT2D eigenvalue weighted by Gasteiger charge is -2.12. The summed E-state index contributed by atoms with van der Waals surface area (Å²) in [6, 6.07) is 0. The van der Waals surface area contributed by atoms with Gasteiger partial charge in [0.1, 0.15) is 0 Å². The molecule has 1 aliphatic rings. The first kappa shape index (κ1) is 10.0. The van der Waals surface area contributed by atoms with Crippen LogP contribution in [0.2, 0.25) is 0 Å². The van der Waals surface area contributed by atoms with Crippen LogP contribution >= 0.6 is 0 Å². The van der Waals surface area contributed by atoms with Crippen LogP contribution in [0.3, 0.4) is 0 Å². The fourth-order valence-electron chi connectivity index (χ4n) is 2.08. The lowest BCUT2D eigenvalue weighted by Crippen LogP contribution is -2.20. The molecular weight excluding hydrogens is 196 g/mol. The quantitative estimate of drug-likeness (QED) is 0.764. The summed E-state index contributed by atoms with van der Waals surface area (Å²) >= 11 is 0. The van der Waals surface area contributed by atoms with E-state index in [0.29, 0.717) is 0 Å². The maximum atomic E-state index is 11.5. The van der Waals surface area contributed by atoms with Gasteiger partial charge in [0, 0.05) is 17.9 Å². The summed E-state index contributed by atoms with van der Waals surface area (Å²) in [5, 5.41) is 8.58. The first-order valence-electron chi connectivity index (χ1n) is 5.21. The summed E-state index contributed by atoms with van der Waals surface area (Å²) in [6.07, 6.45) is 3.98. The molecule has 0 aliphatic heterocycles. The molecule has 0 radical (unpaired) electrons. The van der Waals surface area contributed by atoms with Crippen molar-refractivity contribution in [1.29, 1.82) is 0 Å². The standard InChI is InChI=1S/C10H14N2O3/c13-9(14)5-6-12-8-4-2-1-3-7(8)11-10(12)15/h1-6H2,(H,11,15)(H,13,14). The van der Waals surface area contributed by atoms with Crippen LogP contribution in [0.5, 0.6) is 0 Å². The summed E-state index contributed by atoms with van der Waals surface area (Å²) in [6.45, 7) is 0.278. The Morgan fingerprint density at radius 1 is 1.40 bits per heavy atom. The molecule has 1 aliphatic carbocycles. The van der Waals surface area contributed by atoms with Crippen molar-refractivity contribution in [3.63, 3.8) is 0 Å². The topological polar surface area (TPSA) is 75.1 Å². The van der Waals surface area contributed by atoms with Gasteiger partial charge in [-0.1, -0.05) is 0 Å². The Hall–Kier alpha value is -1.52. The molecule has 0 fully saturated rings. The van der Waals surface area contributed by atoms with Gasteiger partial charge in [0.15, 0.2) is 0 Å². The highest BCUT2D eigenvalue weighted by Crippen LogP contribution is 2.17. The minimum absolute atomic E-state index is 0.00417. The molecule has 5 heteroatoms. The van der Waals surface area contributed by atoms with Crippen LogP contribution in [0.25, 0.3) is 0 Å². The third kappa shape index (κ3) is 1.95. The summed E-state index contributed by atoms with van der Waals surface area (Å²) in [7, 11) is 0. The summed E-state index contributed by atoms with van der Waals surface area (Å²) < 4.78 is 1.57. The van der Waals surface area contributed by atoms with Crippen LogP contribution in [0.1, 0.15) is 30.7 Å². The zero-order valence-corrected chi connectivity index (χ0v) is 8.45. The number of fused-ring (bicyclic) bond motifs is 1. The maximum Gasteiger partial charge on any atom is 0.325 e. The Morgan fingerprint density at radius 3 is 2.87 bits per heavy atom. The Balaban J connectivity index is 2.26. The zero-order chi connectivity index (χ0) is 10.8. The molecule has 0 amide bonds. The Morgan fingerprint density at radius 2 is 2.13 bits per heavy atom. The molecule has 1 aromatic heterocycles. The van der Waals surface area contributed by atoms with Gasteiger partial charge < -0.3 is 10.1 Å². The molecule has 0 aromatic carbocycles. The number of H-pyrrole nitrogens is 1. The predicted octanol–water partition coefficient (Wildman–Crippen LogP) is 0.530. The highest BCUT2D eigenvalue weighted by molar-refractivity contribution is 5.66. The third-order valence-corrected chi connectivity index (χ3v) is 2.82. The van der Waals surface area contributed by atoms with Crippen molar-refractivity contribution in [2.75, 3.05) is 0 Å². The van der Waals surface area contributed by atoms with Crippen LogP contribution < -0.4 is 5.69 Å². The molecule has 0 saturated carbocycles. The molecule has 1 aromatic rings. The van der Waals surface area contributed by atoms with E-state index in [1.165, 1.54) is 0 Å². The normalized spacial score (nSPS) is 14.9. The molecule has 5 nitrogen and oxygen atoms in total. The molecule has 0 atom stereocenters. The van der Waals surface area contributed by atoms with Crippen LogP contribution in [0, 0.1) is 0 Å². The van der Waals surface area contributed by atoms with E-state index in [9.17, 15) is 9.59 Å². The van der Waals surface area contributed by atoms with E-state index in [1.807, 2.05) is 0 Å². The number of nitrogens with zero attached hydrogens (tertiary/aromatic N) is 1. The van der Waals surface area contributed by atoms with E-state index in [4.69, 9.17) is 5.11 Å². The molecule has 2 N–H and O–H groups in total. The van der Waals surface area contributed by atoms with E-state index in [-0.39, 0.29) is 18.7 Å². The largest absolute Gasteiger partial charge is 0.481 e. The van der Waals surface area contributed by atoms with Crippen molar-refractivity contribution in [1.82, 2.24) is 9.55 Å². The Kier molecular flexibility index (Phi) is 2.62. The van der Waals surface area contributed by atoms with Crippen molar-refractivity contribution < 1.29 is 9.90 Å². The lowest BCUT2D eigenvalue weighted by molar-refractivity contribution is -0.137. The van der Waals surface area contributed by atoms with Crippen molar-refractivity contribution >= 4 is 5.97 Å². The van der Waals surface area contributed by atoms with Gasteiger partial charge >= 0.3 is 11.7 Å². The first-order valence-corrected chi connectivity index (χ1v) is 5.21. The second-order valence-electron chi connectivity index (χ2n) is 3.86. The van der Waals surface area contributed by atoms with E-state index in [2.05, 4.69) is 4.98 Å². The van der Waals surface area contributed by atoms with Gasteiger partial charge in [0.25, 0.3) is 0 Å². The van der Waals surface area contributed by atoms with Gasteiger partial charge in [-0.25, -0.2) is 4.79 Å². The van der Waals surface area contributed by atoms with Crippen LogP contribution in [0.15, 0.2) is 4.79 Å². The second kappa shape index (κ2) is 3.92. The third-order valence-electron chi connectivity index (χ3n) is 2.82. The fourth-order valence-corrected chi connectivity index (χ4v) is 2.08. The van der Waals surface area contributed by atoms with E-state index in [0.717, 1.165) is 37.1 Å². The first-order chi connectivity index (χ1) is 7.18. The number of rotatable bonds is 3. The average Bonchev–Trinajstić information content (AvgIpc) is 2.50. The predicted molar refractivity (Wildman–Crippen MR) is 53.9 cm³/mol. The van der Waals surface area contributed by atoms with Crippen LogP contribution in [0.4, 0.5) is 0 Å². The molecule has 0 saturated heterocycles. The number of aromatic nitrogens is 2. The van der Waals surface area contributed by atoms with E-state index in [1.54, 1.807) is 4.57 Å². The lowest BCUT2D eigenvalue weighted by atomic mass is 10.0. The number of imidazole rings is 1. The molecular formula is C10H14N2O3. The van der Waals surface area contributed by atoms with Crippen LogP contribution in [-0.4, -0.2) is 20.6 Å². The molecule has 0 unspecified atom stereocenters. The van der Waals surface area contributed by atoms with Gasteiger partial charge in [-0.2, -0.15) is 0 Å². The van der Waals surface area contributed by atoms with Gasteiger partial charge in [-0.15, -0.1) is 0 Å². The summed E-state index contributed by atoms with van der Waals surface area (Å²) in [5.74, 6) is -0.868. The van der Waals surface area contributed by atoms with Gasteiger partial charge in [-0.3, -0.25) is 9.36 Å². The Labute approximate surface area is 86.7 Å². The molecule has 1 heterocycles. The molecule has 0 spiro atoms. The van der Waals surface area contributed by atoms with Crippen molar-refractivity contribution in [3.05, 3.63) is 21.9 Å². The Bertz CT molecular complexity index is 430. The smallest absolute Gasteiger partial charge is 0.325 e. The monoisotopic (exact) mass is 210 g/mol. The minimum atomic E-state index is -0.868. The number of carboxylic acid groups (broad SMARTS) is 1. The van der Waals surface area contributed by atoms with E-state index < -0.39 is 5.97 Å². The van der Waals surface area contributed by atoms with E-state index >= 15 is 0 Å². The summed E-state index contributed by atoms with van der Waals surface area (Å²) in [4.78, 5) is 24.8. The molecule has 82 valence electrons. The highest BCUT2D eigenvalue weighted by atomic mass is 16.4. The zero-order valence-electron chi connectivity index (χ0n) is 8.45. The van der Waals surface area contributed by atoms with Crippen molar-refractivity contribution in [2.45, 2.75) is 38.6 Å². The molecule has 0 bridgehead atoms. The number of aromatic amines is 1. The van der Waals surface area contributed by atoms with Gasteiger partial charge in [-0.05, 0) is 25.7 Å². The van der Waals surface area contributed by atoms with Crippen molar-refractivity contribution in [3.8, 4) is 0 Å². The van der Waals surface area contributed by atoms with Crippen LogP contribution in [-0.2, 0) is 24.2 Å². The van der Waals surface area contributed by atoms with Crippen molar-refractivity contribution in [2.24, 2.45) is 0 Å². The number of aliphatic carboxylic acids is 1. The number of hydrogen-bond donors (Lipinski definition) is 2. The number of nitrogens with one attached hydrogen (secondary N) is 1.